The Labute approximate surface area is 90.4 Å². The molecule has 0 atom stereocenters. The molecule has 0 aromatic heterocycles. The standard InChI is InChI=1S/C12H17NO2/c1-3-15-12(14)13-8-7-11-6-4-5-10(2)9-11/h4-6,9H,3,7-8H2,1-2H3,(H,13,14). The van der Waals surface area contributed by atoms with Crippen LogP contribution in [0, 0.1) is 6.92 Å². The molecule has 0 aliphatic carbocycles. The van der Waals surface area contributed by atoms with E-state index < -0.39 is 0 Å². The van der Waals surface area contributed by atoms with E-state index in [1.807, 2.05) is 6.07 Å². The molecule has 82 valence electrons. The highest BCUT2D eigenvalue weighted by molar-refractivity contribution is 5.67. The molecule has 0 radical (unpaired) electrons. The average molecular weight is 207 g/mol. The molecule has 0 aliphatic heterocycles. The molecule has 3 nitrogen and oxygen atoms in total. The summed E-state index contributed by atoms with van der Waals surface area (Å²) in [5, 5.41) is 2.69. The first-order valence-corrected chi connectivity index (χ1v) is 5.18. The first kappa shape index (κ1) is 11.6. The quantitative estimate of drug-likeness (QED) is 0.822. The minimum Gasteiger partial charge on any atom is -0.450 e. The monoisotopic (exact) mass is 207 g/mol. The summed E-state index contributed by atoms with van der Waals surface area (Å²) in [5.74, 6) is 0. The second-order valence-electron chi connectivity index (χ2n) is 3.39. The molecule has 0 fully saturated rings. The number of nitrogens with one attached hydrogen (secondary N) is 1. The van der Waals surface area contributed by atoms with Gasteiger partial charge in [-0.2, -0.15) is 0 Å². The number of hydrogen-bond acceptors (Lipinski definition) is 2. The maximum atomic E-state index is 11.0. The minimum absolute atomic E-state index is 0.342. The van der Waals surface area contributed by atoms with E-state index in [0.29, 0.717) is 13.2 Å². The van der Waals surface area contributed by atoms with Crippen molar-refractivity contribution in [3.05, 3.63) is 35.4 Å². The van der Waals surface area contributed by atoms with Gasteiger partial charge in [-0.15, -0.1) is 0 Å². The largest absolute Gasteiger partial charge is 0.450 e. The van der Waals surface area contributed by atoms with E-state index in [4.69, 9.17) is 4.74 Å². The first-order chi connectivity index (χ1) is 7.22. The van der Waals surface area contributed by atoms with Crippen LogP contribution in [-0.2, 0) is 11.2 Å². The number of carbonyl (C=O) groups excluding carboxylic acids is 1. The second kappa shape index (κ2) is 6.06. The summed E-state index contributed by atoms with van der Waals surface area (Å²) < 4.78 is 4.75. The molecular formula is C12H17NO2. The first-order valence-electron chi connectivity index (χ1n) is 5.18. The third kappa shape index (κ3) is 4.49. The van der Waals surface area contributed by atoms with Crippen molar-refractivity contribution in [3.63, 3.8) is 0 Å². The zero-order chi connectivity index (χ0) is 11.1. The Morgan fingerprint density at radius 1 is 1.47 bits per heavy atom. The molecule has 0 saturated heterocycles. The maximum Gasteiger partial charge on any atom is 0.407 e. The molecule has 0 bridgehead atoms. The summed E-state index contributed by atoms with van der Waals surface area (Å²) in [5.41, 5.74) is 2.47. The Balaban J connectivity index is 2.28. The zero-order valence-corrected chi connectivity index (χ0v) is 9.25. The van der Waals surface area contributed by atoms with Gasteiger partial charge in [-0.3, -0.25) is 0 Å². The van der Waals surface area contributed by atoms with E-state index in [9.17, 15) is 4.79 Å². The molecule has 3 heteroatoms. The number of benzene rings is 1. The Morgan fingerprint density at radius 3 is 2.93 bits per heavy atom. The Morgan fingerprint density at radius 2 is 2.27 bits per heavy atom. The fourth-order valence-corrected chi connectivity index (χ4v) is 1.36. The number of ether oxygens (including phenoxy) is 1. The number of amides is 1. The van der Waals surface area contributed by atoms with Gasteiger partial charge < -0.3 is 10.1 Å². The van der Waals surface area contributed by atoms with Gasteiger partial charge in [0.05, 0.1) is 6.61 Å². The van der Waals surface area contributed by atoms with Crippen LogP contribution in [0.15, 0.2) is 24.3 Å². The van der Waals surface area contributed by atoms with Gasteiger partial charge in [-0.05, 0) is 25.8 Å². The molecule has 0 heterocycles. The average Bonchev–Trinajstić information content (AvgIpc) is 2.18. The van der Waals surface area contributed by atoms with Crippen LogP contribution in [-0.4, -0.2) is 19.2 Å². The van der Waals surface area contributed by atoms with Crippen LogP contribution in [0.25, 0.3) is 0 Å². The topological polar surface area (TPSA) is 38.3 Å². The van der Waals surface area contributed by atoms with Gasteiger partial charge >= 0.3 is 6.09 Å². The van der Waals surface area contributed by atoms with Crippen molar-refractivity contribution in [2.24, 2.45) is 0 Å². The molecule has 1 amide bonds. The molecule has 15 heavy (non-hydrogen) atoms. The number of rotatable bonds is 4. The van der Waals surface area contributed by atoms with Gasteiger partial charge in [0.25, 0.3) is 0 Å². The predicted molar refractivity (Wildman–Crippen MR) is 59.9 cm³/mol. The summed E-state index contributed by atoms with van der Waals surface area (Å²) >= 11 is 0. The van der Waals surface area contributed by atoms with Gasteiger partial charge in [0.1, 0.15) is 0 Å². The fraction of sp³-hybridized carbons (Fsp3) is 0.417. The summed E-state index contributed by atoms with van der Waals surface area (Å²) in [6, 6.07) is 8.25. The van der Waals surface area contributed by atoms with Crippen LogP contribution in [0.2, 0.25) is 0 Å². The third-order valence-corrected chi connectivity index (χ3v) is 2.04. The molecule has 1 N–H and O–H groups in total. The summed E-state index contributed by atoms with van der Waals surface area (Å²) in [6.07, 6.45) is 0.491. The van der Waals surface area contributed by atoms with E-state index >= 15 is 0 Å². The van der Waals surface area contributed by atoms with Gasteiger partial charge in [-0.25, -0.2) is 4.79 Å². The van der Waals surface area contributed by atoms with Crippen LogP contribution in [0.3, 0.4) is 0 Å². The molecule has 0 unspecified atom stereocenters. The SMILES string of the molecule is CCOC(=O)NCCc1cccc(C)c1. The summed E-state index contributed by atoms with van der Waals surface area (Å²) in [4.78, 5) is 11.0. The Kier molecular flexibility index (Phi) is 4.68. The lowest BCUT2D eigenvalue weighted by molar-refractivity contribution is 0.152. The highest BCUT2D eigenvalue weighted by atomic mass is 16.5. The lowest BCUT2D eigenvalue weighted by Gasteiger charge is -2.05. The normalized spacial score (nSPS) is 9.73. The van der Waals surface area contributed by atoms with Crippen molar-refractivity contribution in [1.29, 1.82) is 0 Å². The Bertz CT molecular complexity index is 323. The fourth-order valence-electron chi connectivity index (χ4n) is 1.36. The van der Waals surface area contributed by atoms with Crippen LogP contribution >= 0.6 is 0 Å². The lowest BCUT2D eigenvalue weighted by Crippen LogP contribution is -2.26. The van der Waals surface area contributed by atoms with Crippen molar-refractivity contribution in [2.75, 3.05) is 13.2 Å². The number of carbonyl (C=O) groups is 1. The van der Waals surface area contributed by atoms with Gasteiger partial charge in [0.2, 0.25) is 0 Å². The lowest BCUT2D eigenvalue weighted by atomic mass is 10.1. The van der Waals surface area contributed by atoms with Crippen LogP contribution in [0.4, 0.5) is 4.79 Å². The van der Waals surface area contributed by atoms with Crippen molar-refractivity contribution >= 4 is 6.09 Å². The smallest absolute Gasteiger partial charge is 0.407 e. The Hall–Kier alpha value is -1.51. The van der Waals surface area contributed by atoms with Crippen LogP contribution in [0.1, 0.15) is 18.1 Å². The molecule has 0 spiro atoms. The van der Waals surface area contributed by atoms with Crippen LogP contribution in [0.5, 0.6) is 0 Å². The van der Waals surface area contributed by atoms with E-state index in [1.165, 1.54) is 11.1 Å². The summed E-state index contributed by atoms with van der Waals surface area (Å²) in [6.45, 7) is 4.88. The highest BCUT2D eigenvalue weighted by Gasteiger charge is 1.99. The predicted octanol–water partition coefficient (Wildman–Crippen LogP) is 2.28. The molecule has 0 saturated carbocycles. The molecular weight excluding hydrogens is 190 g/mol. The van der Waals surface area contributed by atoms with E-state index in [1.54, 1.807) is 6.92 Å². The van der Waals surface area contributed by atoms with Crippen molar-refractivity contribution in [2.45, 2.75) is 20.3 Å². The van der Waals surface area contributed by atoms with Crippen LogP contribution < -0.4 is 5.32 Å². The van der Waals surface area contributed by atoms with E-state index in [2.05, 4.69) is 30.4 Å². The molecule has 1 aromatic rings. The molecule has 0 aliphatic rings. The zero-order valence-electron chi connectivity index (χ0n) is 9.25. The van der Waals surface area contributed by atoms with Crippen molar-refractivity contribution < 1.29 is 9.53 Å². The number of aryl methyl sites for hydroxylation is 1. The second-order valence-corrected chi connectivity index (χ2v) is 3.39. The van der Waals surface area contributed by atoms with Gasteiger partial charge in [0, 0.05) is 6.54 Å². The third-order valence-electron chi connectivity index (χ3n) is 2.04. The minimum atomic E-state index is -0.342. The molecule has 1 aromatic carbocycles. The summed E-state index contributed by atoms with van der Waals surface area (Å²) in [7, 11) is 0. The van der Waals surface area contributed by atoms with E-state index in [0.717, 1.165) is 6.42 Å². The van der Waals surface area contributed by atoms with Crippen molar-refractivity contribution in [1.82, 2.24) is 5.32 Å². The van der Waals surface area contributed by atoms with Gasteiger partial charge in [0.15, 0.2) is 0 Å². The molecule has 1 rings (SSSR count). The number of alkyl carbamates (subject to hydrolysis) is 1. The van der Waals surface area contributed by atoms with E-state index in [-0.39, 0.29) is 6.09 Å². The van der Waals surface area contributed by atoms with Gasteiger partial charge in [-0.1, -0.05) is 29.8 Å². The van der Waals surface area contributed by atoms with Crippen molar-refractivity contribution in [3.8, 4) is 0 Å². The number of hydrogen-bond donors (Lipinski definition) is 1. The maximum absolute atomic E-state index is 11.0. The highest BCUT2D eigenvalue weighted by Crippen LogP contribution is 2.03.